The smallest absolute Gasteiger partial charge is 0.234 e. The first-order valence-electron chi connectivity index (χ1n) is 8.47. The minimum absolute atomic E-state index is 0.00388. The number of anilines is 3. The molecule has 0 aliphatic carbocycles. The Morgan fingerprint density at radius 1 is 1.13 bits per heavy atom. The third-order valence-corrected chi connectivity index (χ3v) is 7.66. The van der Waals surface area contributed by atoms with E-state index in [-0.39, 0.29) is 37.6 Å². The standard InChI is InChI=1S/C18H17N5O4S3/c1-11(24)21-12-4-6-13(7-5-12)22-15(25)10-29-18-20-9-14(17(19)23-18)30(26,27)16-3-2-8-28-16/h2-9H,10H2,1H3,(H,21,24)(H,22,25)(H2,19,20,23). The minimum atomic E-state index is -3.77. The number of aromatic nitrogens is 2. The van der Waals surface area contributed by atoms with Crippen molar-refractivity contribution < 1.29 is 18.0 Å². The molecule has 3 aromatic rings. The van der Waals surface area contributed by atoms with Gasteiger partial charge in [0.1, 0.15) is 14.9 Å². The number of carbonyl (C=O) groups excluding carboxylic acids is 2. The molecule has 2 amide bonds. The number of nitrogens with two attached hydrogens (primary N) is 1. The molecule has 0 bridgehead atoms. The second kappa shape index (κ2) is 9.24. The second-order valence-electron chi connectivity index (χ2n) is 5.93. The van der Waals surface area contributed by atoms with E-state index in [1.54, 1.807) is 35.7 Å². The fraction of sp³-hybridized carbons (Fsp3) is 0.111. The van der Waals surface area contributed by atoms with E-state index in [1.807, 2.05) is 0 Å². The fourth-order valence-corrected chi connectivity index (χ4v) is 5.34. The number of thioether (sulfide) groups is 1. The number of nitrogen functional groups attached to an aromatic ring is 1. The fourth-order valence-electron chi connectivity index (χ4n) is 2.34. The molecule has 0 radical (unpaired) electrons. The summed E-state index contributed by atoms with van der Waals surface area (Å²) in [6.45, 7) is 1.41. The number of amides is 2. The third-order valence-electron chi connectivity index (χ3n) is 3.63. The van der Waals surface area contributed by atoms with E-state index in [1.165, 1.54) is 13.0 Å². The summed E-state index contributed by atoms with van der Waals surface area (Å²) in [5.74, 6) is -0.652. The lowest BCUT2D eigenvalue weighted by Crippen LogP contribution is -2.15. The van der Waals surface area contributed by atoms with Crippen LogP contribution in [0.4, 0.5) is 17.2 Å². The number of nitrogens with zero attached hydrogens (tertiary/aromatic N) is 2. The molecule has 1 aromatic carbocycles. The van der Waals surface area contributed by atoms with Gasteiger partial charge in [0.15, 0.2) is 5.16 Å². The third kappa shape index (κ3) is 5.34. The lowest BCUT2D eigenvalue weighted by molar-refractivity contribution is -0.114. The van der Waals surface area contributed by atoms with Crippen LogP contribution in [0.5, 0.6) is 0 Å². The van der Waals surface area contributed by atoms with Crippen molar-refractivity contribution in [1.29, 1.82) is 0 Å². The van der Waals surface area contributed by atoms with Crippen LogP contribution in [0.15, 0.2) is 62.2 Å². The molecule has 0 aliphatic rings. The van der Waals surface area contributed by atoms with Crippen LogP contribution in [0.2, 0.25) is 0 Å². The highest BCUT2D eigenvalue weighted by Gasteiger charge is 2.23. The number of hydrogen-bond acceptors (Lipinski definition) is 9. The molecule has 0 spiro atoms. The van der Waals surface area contributed by atoms with Crippen LogP contribution < -0.4 is 16.4 Å². The van der Waals surface area contributed by atoms with Gasteiger partial charge in [-0.3, -0.25) is 9.59 Å². The van der Waals surface area contributed by atoms with Crippen LogP contribution in [0.1, 0.15) is 6.92 Å². The van der Waals surface area contributed by atoms with Gasteiger partial charge in [0, 0.05) is 18.3 Å². The summed E-state index contributed by atoms with van der Waals surface area (Å²) in [7, 11) is -3.77. The average Bonchev–Trinajstić information content (AvgIpc) is 3.23. The SMILES string of the molecule is CC(=O)Nc1ccc(NC(=O)CSc2ncc(S(=O)(=O)c3cccs3)c(N)n2)cc1. The maximum Gasteiger partial charge on any atom is 0.234 e. The van der Waals surface area contributed by atoms with Crippen LogP contribution in [-0.2, 0) is 19.4 Å². The van der Waals surface area contributed by atoms with E-state index in [0.29, 0.717) is 11.4 Å². The number of benzene rings is 1. The van der Waals surface area contributed by atoms with Crippen LogP contribution >= 0.6 is 23.1 Å². The molecule has 156 valence electrons. The van der Waals surface area contributed by atoms with Gasteiger partial charge in [0.05, 0.1) is 11.9 Å². The molecule has 3 rings (SSSR count). The maximum atomic E-state index is 12.5. The van der Waals surface area contributed by atoms with Crippen LogP contribution in [0.3, 0.4) is 0 Å². The van der Waals surface area contributed by atoms with Gasteiger partial charge in [0.2, 0.25) is 21.7 Å². The van der Waals surface area contributed by atoms with Crippen molar-refractivity contribution in [2.75, 3.05) is 22.1 Å². The molecule has 12 heteroatoms. The molecular weight excluding hydrogens is 446 g/mol. The number of nitrogens with one attached hydrogen (secondary N) is 2. The molecule has 0 saturated heterocycles. The van der Waals surface area contributed by atoms with E-state index < -0.39 is 9.84 Å². The van der Waals surface area contributed by atoms with Crippen molar-refractivity contribution in [1.82, 2.24) is 9.97 Å². The molecule has 0 saturated carbocycles. The van der Waals surface area contributed by atoms with Crippen molar-refractivity contribution in [3.8, 4) is 0 Å². The number of hydrogen-bond donors (Lipinski definition) is 3. The first-order chi connectivity index (χ1) is 14.3. The van der Waals surface area contributed by atoms with Crippen molar-refractivity contribution in [2.24, 2.45) is 0 Å². The Kier molecular flexibility index (Phi) is 6.70. The Bertz CT molecular complexity index is 1160. The summed E-state index contributed by atoms with van der Waals surface area (Å²) in [4.78, 5) is 31.0. The van der Waals surface area contributed by atoms with Crippen LogP contribution in [-0.4, -0.2) is 36.0 Å². The summed E-state index contributed by atoms with van der Waals surface area (Å²) >= 11 is 2.11. The summed E-state index contributed by atoms with van der Waals surface area (Å²) in [5, 5.41) is 7.18. The summed E-state index contributed by atoms with van der Waals surface area (Å²) in [6, 6.07) is 9.76. The van der Waals surface area contributed by atoms with E-state index in [4.69, 9.17) is 5.73 Å². The molecule has 2 heterocycles. The van der Waals surface area contributed by atoms with E-state index in [9.17, 15) is 18.0 Å². The molecule has 0 unspecified atom stereocenters. The molecule has 9 nitrogen and oxygen atoms in total. The number of carbonyl (C=O) groups is 2. The van der Waals surface area contributed by atoms with Crippen molar-refractivity contribution in [3.05, 3.63) is 48.0 Å². The quantitative estimate of drug-likeness (QED) is 0.358. The van der Waals surface area contributed by atoms with Gasteiger partial charge in [-0.05, 0) is 35.7 Å². The van der Waals surface area contributed by atoms with Gasteiger partial charge in [-0.25, -0.2) is 18.4 Å². The zero-order chi connectivity index (χ0) is 21.7. The van der Waals surface area contributed by atoms with Gasteiger partial charge in [-0.2, -0.15) is 0 Å². The number of sulfone groups is 1. The maximum absolute atomic E-state index is 12.5. The zero-order valence-corrected chi connectivity index (χ0v) is 18.1. The first-order valence-corrected chi connectivity index (χ1v) is 11.8. The predicted molar refractivity (Wildman–Crippen MR) is 116 cm³/mol. The Labute approximate surface area is 181 Å². The molecule has 4 N–H and O–H groups in total. The van der Waals surface area contributed by atoms with Crippen molar-refractivity contribution >= 4 is 61.9 Å². The second-order valence-corrected chi connectivity index (χ2v) is 9.97. The van der Waals surface area contributed by atoms with E-state index in [0.717, 1.165) is 29.3 Å². The monoisotopic (exact) mass is 463 g/mol. The Balaban J connectivity index is 1.60. The summed E-state index contributed by atoms with van der Waals surface area (Å²) < 4.78 is 25.2. The highest BCUT2D eigenvalue weighted by molar-refractivity contribution is 7.99. The Morgan fingerprint density at radius 2 is 1.80 bits per heavy atom. The average molecular weight is 464 g/mol. The molecule has 30 heavy (non-hydrogen) atoms. The number of thiophene rings is 1. The van der Waals surface area contributed by atoms with Gasteiger partial charge in [-0.15, -0.1) is 11.3 Å². The predicted octanol–water partition coefficient (Wildman–Crippen LogP) is 2.64. The lowest BCUT2D eigenvalue weighted by Gasteiger charge is -2.08. The van der Waals surface area contributed by atoms with E-state index >= 15 is 0 Å². The minimum Gasteiger partial charge on any atom is -0.382 e. The van der Waals surface area contributed by atoms with Gasteiger partial charge in [0.25, 0.3) is 0 Å². The molecule has 0 fully saturated rings. The van der Waals surface area contributed by atoms with Gasteiger partial charge in [-0.1, -0.05) is 17.8 Å². The van der Waals surface area contributed by atoms with Gasteiger partial charge >= 0.3 is 0 Å². The highest BCUT2D eigenvalue weighted by atomic mass is 32.2. The molecular formula is C18H17N5O4S3. The summed E-state index contributed by atoms with van der Waals surface area (Å²) in [6.07, 6.45) is 1.15. The molecule has 0 atom stereocenters. The Morgan fingerprint density at radius 3 is 2.37 bits per heavy atom. The van der Waals surface area contributed by atoms with Crippen LogP contribution in [0, 0.1) is 0 Å². The largest absolute Gasteiger partial charge is 0.382 e. The highest BCUT2D eigenvalue weighted by Crippen LogP contribution is 2.28. The zero-order valence-electron chi connectivity index (χ0n) is 15.7. The van der Waals surface area contributed by atoms with Crippen LogP contribution in [0.25, 0.3) is 0 Å². The van der Waals surface area contributed by atoms with Crippen molar-refractivity contribution in [3.63, 3.8) is 0 Å². The lowest BCUT2D eigenvalue weighted by atomic mass is 10.3. The normalized spacial score (nSPS) is 11.1. The first kappa shape index (κ1) is 21.7. The Hall–Kier alpha value is -2.96. The van der Waals surface area contributed by atoms with Gasteiger partial charge < -0.3 is 16.4 Å². The molecule has 2 aromatic heterocycles. The van der Waals surface area contributed by atoms with E-state index in [2.05, 4.69) is 20.6 Å². The number of rotatable bonds is 7. The molecule has 0 aliphatic heterocycles. The summed E-state index contributed by atoms with van der Waals surface area (Å²) in [5.41, 5.74) is 7.01. The van der Waals surface area contributed by atoms with Crippen molar-refractivity contribution in [2.45, 2.75) is 21.2 Å². The topological polar surface area (TPSA) is 144 Å².